The molecule has 2 atom stereocenters. The molecule has 0 spiro atoms. The molecular formula is C12H27NO2. The summed E-state index contributed by atoms with van der Waals surface area (Å²) in [7, 11) is 3.74. The molecule has 15 heavy (non-hydrogen) atoms. The van der Waals surface area contributed by atoms with Crippen molar-refractivity contribution in [1.82, 2.24) is 5.32 Å². The van der Waals surface area contributed by atoms with Gasteiger partial charge in [0.1, 0.15) is 0 Å². The van der Waals surface area contributed by atoms with Gasteiger partial charge in [-0.15, -0.1) is 0 Å². The van der Waals surface area contributed by atoms with Crippen LogP contribution in [0.5, 0.6) is 0 Å². The van der Waals surface area contributed by atoms with E-state index in [1.807, 2.05) is 7.05 Å². The zero-order chi connectivity index (χ0) is 11.5. The Morgan fingerprint density at radius 2 is 1.93 bits per heavy atom. The van der Waals surface area contributed by atoms with Gasteiger partial charge >= 0.3 is 0 Å². The molecule has 0 aromatic rings. The molecule has 1 N–H and O–H groups in total. The summed E-state index contributed by atoms with van der Waals surface area (Å²) in [5.74, 6) is 0.720. The highest BCUT2D eigenvalue weighted by molar-refractivity contribution is 4.68. The van der Waals surface area contributed by atoms with Crippen molar-refractivity contribution in [1.29, 1.82) is 0 Å². The van der Waals surface area contributed by atoms with E-state index in [4.69, 9.17) is 9.47 Å². The van der Waals surface area contributed by atoms with E-state index in [0.29, 0.717) is 6.04 Å². The normalized spacial score (nSPS) is 15.2. The van der Waals surface area contributed by atoms with Gasteiger partial charge in [0.15, 0.2) is 0 Å². The molecule has 0 aliphatic carbocycles. The van der Waals surface area contributed by atoms with E-state index in [1.54, 1.807) is 7.11 Å². The topological polar surface area (TPSA) is 30.5 Å². The van der Waals surface area contributed by atoms with Crippen molar-refractivity contribution in [2.75, 3.05) is 34.0 Å². The maximum Gasteiger partial charge on any atom is 0.0487 e. The van der Waals surface area contributed by atoms with Gasteiger partial charge in [0, 0.05) is 33.0 Å². The monoisotopic (exact) mass is 217 g/mol. The molecule has 2 unspecified atom stereocenters. The fourth-order valence-corrected chi connectivity index (χ4v) is 1.69. The van der Waals surface area contributed by atoms with Crippen LogP contribution in [0.25, 0.3) is 0 Å². The smallest absolute Gasteiger partial charge is 0.0487 e. The summed E-state index contributed by atoms with van der Waals surface area (Å²) in [4.78, 5) is 0. The summed E-state index contributed by atoms with van der Waals surface area (Å²) in [5.41, 5.74) is 0. The highest BCUT2D eigenvalue weighted by Gasteiger charge is 2.12. The van der Waals surface area contributed by atoms with Gasteiger partial charge in [-0.2, -0.15) is 0 Å². The van der Waals surface area contributed by atoms with Crippen LogP contribution in [0.4, 0.5) is 0 Å². The van der Waals surface area contributed by atoms with Crippen LogP contribution < -0.4 is 5.32 Å². The minimum absolute atomic E-state index is 0.581. The van der Waals surface area contributed by atoms with Crippen molar-refractivity contribution >= 4 is 0 Å². The van der Waals surface area contributed by atoms with Gasteiger partial charge in [0.05, 0.1) is 0 Å². The Kier molecular flexibility index (Phi) is 10.3. The minimum atomic E-state index is 0.581. The van der Waals surface area contributed by atoms with Crippen LogP contribution >= 0.6 is 0 Å². The zero-order valence-electron chi connectivity index (χ0n) is 10.7. The summed E-state index contributed by atoms with van der Waals surface area (Å²) in [6, 6.07) is 0.581. The van der Waals surface area contributed by atoms with E-state index in [1.165, 1.54) is 6.42 Å². The molecule has 0 radical (unpaired) electrons. The van der Waals surface area contributed by atoms with Gasteiger partial charge in [-0.05, 0) is 32.7 Å². The average Bonchev–Trinajstić information content (AvgIpc) is 2.27. The Bertz CT molecular complexity index is 131. The SMILES string of the molecule is CCC(CCOCCCOC)C(C)NC. The van der Waals surface area contributed by atoms with Crippen LogP contribution in [0.2, 0.25) is 0 Å². The highest BCUT2D eigenvalue weighted by Crippen LogP contribution is 2.13. The fraction of sp³-hybridized carbons (Fsp3) is 1.00. The second-order valence-electron chi connectivity index (χ2n) is 3.99. The first-order chi connectivity index (χ1) is 7.26. The third-order valence-electron chi connectivity index (χ3n) is 2.96. The maximum atomic E-state index is 5.55. The number of methoxy groups -OCH3 is 1. The highest BCUT2D eigenvalue weighted by atomic mass is 16.5. The number of ether oxygens (including phenoxy) is 2. The maximum absolute atomic E-state index is 5.55. The second kappa shape index (κ2) is 10.4. The molecule has 0 aromatic carbocycles. The molecule has 0 aromatic heterocycles. The lowest BCUT2D eigenvalue weighted by Gasteiger charge is -2.21. The summed E-state index contributed by atoms with van der Waals surface area (Å²) < 4.78 is 10.5. The molecule has 0 saturated carbocycles. The first-order valence-electron chi connectivity index (χ1n) is 6.00. The standard InChI is InChI=1S/C12H27NO2/c1-5-12(11(2)13-3)7-10-15-9-6-8-14-4/h11-13H,5-10H2,1-4H3. The first-order valence-corrected chi connectivity index (χ1v) is 6.00. The van der Waals surface area contributed by atoms with Crippen LogP contribution in [0.3, 0.4) is 0 Å². The van der Waals surface area contributed by atoms with Crippen molar-refractivity contribution in [3.05, 3.63) is 0 Å². The van der Waals surface area contributed by atoms with Crippen LogP contribution in [0.1, 0.15) is 33.1 Å². The molecule has 0 amide bonds. The zero-order valence-corrected chi connectivity index (χ0v) is 10.7. The van der Waals surface area contributed by atoms with Crippen LogP contribution in [-0.2, 0) is 9.47 Å². The molecule has 0 heterocycles. The molecule has 0 aliphatic heterocycles. The predicted molar refractivity (Wildman–Crippen MR) is 64.2 cm³/mol. The van der Waals surface area contributed by atoms with E-state index in [2.05, 4.69) is 19.2 Å². The summed E-state index contributed by atoms with van der Waals surface area (Å²) in [6.45, 7) is 6.96. The third kappa shape index (κ3) is 7.77. The van der Waals surface area contributed by atoms with Crippen LogP contribution in [-0.4, -0.2) is 40.0 Å². The van der Waals surface area contributed by atoms with E-state index in [-0.39, 0.29) is 0 Å². The van der Waals surface area contributed by atoms with Gasteiger partial charge in [-0.1, -0.05) is 13.3 Å². The van der Waals surface area contributed by atoms with Crippen molar-refractivity contribution in [2.24, 2.45) is 5.92 Å². The minimum Gasteiger partial charge on any atom is -0.385 e. The van der Waals surface area contributed by atoms with Crippen molar-refractivity contribution < 1.29 is 9.47 Å². The van der Waals surface area contributed by atoms with Gasteiger partial charge in [-0.3, -0.25) is 0 Å². The van der Waals surface area contributed by atoms with Crippen molar-refractivity contribution in [3.63, 3.8) is 0 Å². The van der Waals surface area contributed by atoms with Crippen molar-refractivity contribution in [2.45, 2.75) is 39.2 Å². The van der Waals surface area contributed by atoms with Gasteiger partial charge in [-0.25, -0.2) is 0 Å². The van der Waals surface area contributed by atoms with Crippen LogP contribution in [0, 0.1) is 5.92 Å². The molecule has 3 nitrogen and oxygen atoms in total. The summed E-state index contributed by atoms with van der Waals surface area (Å²) in [5, 5.41) is 3.30. The average molecular weight is 217 g/mol. The number of hydrogen-bond donors (Lipinski definition) is 1. The van der Waals surface area contributed by atoms with E-state index < -0.39 is 0 Å². The molecule has 92 valence electrons. The summed E-state index contributed by atoms with van der Waals surface area (Å²) in [6.07, 6.45) is 3.35. The number of rotatable bonds is 10. The molecule has 3 heteroatoms. The first kappa shape index (κ1) is 14.9. The van der Waals surface area contributed by atoms with E-state index in [0.717, 1.165) is 38.6 Å². The molecule has 0 rings (SSSR count). The van der Waals surface area contributed by atoms with Gasteiger partial charge < -0.3 is 14.8 Å². The third-order valence-corrected chi connectivity index (χ3v) is 2.96. The predicted octanol–water partition coefficient (Wildman–Crippen LogP) is 2.06. The molecule has 0 saturated heterocycles. The second-order valence-corrected chi connectivity index (χ2v) is 3.99. The number of hydrogen-bond acceptors (Lipinski definition) is 3. The lowest BCUT2D eigenvalue weighted by atomic mass is 9.95. The lowest BCUT2D eigenvalue weighted by Crippen LogP contribution is -2.30. The Labute approximate surface area is 94.5 Å². The van der Waals surface area contributed by atoms with Gasteiger partial charge in [0.2, 0.25) is 0 Å². The molecule has 0 bridgehead atoms. The molecule has 0 aliphatic rings. The fourth-order valence-electron chi connectivity index (χ4n) is 1.69. The molecule has 0 fully saturated rings. The number of nitrogens with one attached hydrogen (secondary N) is 1. The van der Waals surface area contributed by atoms with E-state index in [9.17, 15) is 0 Å². The van der Waals surface area contributed by atoms with Crippen LogP contribution in [0.15, 0.2) is 0 Å². The lowest BCUT2D eigenvalue weighted by molar-refractivity contribution is 0.0903. The summed E-state index contributed by atoms with van der Waals surface area (Å²) >= 11 is 0. The van der Waals surface area contributed by atoms with Crippen molar-refractivity contribution in [3.8, 4) is 0 Å². The Balaban J connectivity index is 3.38. The largest absolute Gasteiger partial charge is 0.385 e. The van der Waals surface area contributed by atoms with Gasteiger partial charge in [0.25, 0.3) is 0 Å². The Hall–Kier alpha value is -0.120. The Morgan fingerprint density at radius 1 is 1.20 bits per heavy atom. The van der Waals surface area contributed by atoms with E-state index >= 15 is 0 Å². The quantitative estimate of drug-likeness (QED) is 0.568. The Morgan fingerprint density at radius 3 is 2.47 bits per heavy atom. The molecular weight excluding hydrogens is 190 g/mol.